The van der Waals surface area contributed by atoms with Gasteiger partial charge in [0.05, 0.1) is 4.92 Å². The van der Waals surface area contributed by atoms with E-state index in [0.717, 1.165) is 5.69 Å². The predicted octanol–water partition coefficient (Wildman–Crippen LogP) is 3.73. The van der Waals surface area contributed by atoms with Crippen molar-refractivity contribution in [3.05, 3.63) is 34.4 Å². The lowest BCUT2D eigenvalue weighted by molar-refractivity contribution is -0.384. The molecule has 1 N–H and O–H groups in total. The Morgan fingerprint density at radius 2 is 1.65 bits per heavy atom. The molecule has 0 atom stereocenters. The fourth-order valence-corrected chi connectivity index (χ4v) is 2.34. The Hall–Kier alpha value is -1.58. The number of nitrogens with one attached hydrogen (secondary N) is 1. The molecule has 4 nitrogen and oxygen atoms in total. The summed E-state index contributed by atoms with van der Waals surface area (Å²) in [6.07, 6.45) is 7.64. The zero-order valence-corrected chi connectivity index (χ0v) is 9.89. The number of hydrogen-bond donors (Lipinski definition) is 1. The molecule has 1 aromatic carbocycles. The topological polar surface area (TPSA) is 55.2 Å². The molecule has 0 spiro atoms. The molecule has 0 bridgehead atoms. The molecular weight excluding hydrogens is 216 g/mol. The molecular formula is C13H18N2O2. The van der Waals surface area contributed by atoms with Gasteiger partial charge in [0.2, 0.25) is 0 Å². The Morgan fingerprint density at radius 1 is 1.06 bits per heavy atom. The standard InChI is InChI=1S/C13H18N2O2/c16-15(17)13-9-7-12(8-10-13)14-11-5-3-1-2-4-6-11/h7-11,14H,1-6H2. The Kier molecular flexibility index (Phi) is 3.96. The number of rotatable bonds is 3. The second-order valence-electron chi connectivity index (χ2n) is 4.64. The van der Waals surface area contributed by atoms with Crippen LogP contribution in [-0.2, 0) is 0 Å². The Balaban J connectivity index is 1.95. The maximum Gasteiger partial charge on any atom is 0.269 e. The molecule has 1 aromatic rings. The van der Waals surface area contributed by atoms with Crippen LogP contribution >= 0.6 is 0 Å². The molecule has 1 aliphatic carbocycles. The second kappa shape index (κ2) is 5.66. The van der Waals surface area contributed by atoms with E-state index in [1.165, 1.54) is 38.5 Å². The van der Waals surface area contributed by atoms with Gasteiger partial charge in [-0.2, -0.15) is 0 Å². The molecule has 4 heteroatoms. The Labute approximate surface area is 101 Å². The van der Waals surface area contributed by atoms with E-state index in [1.807, 2.05) is 0 Å². The van der Waals surface area contributed by atoms with Crippen molar-refractivity contribution in [1.29, 1.82) is 0 Å². The first-order chi connectivity index (χ1) is 8.25. The van der Waals surface area contributed by atoms with Crippen LogP contribution in [-0.4, -0.2) is 11.0 Å². The summed E-state index contributed by atoms with van der Waals surface area (Å²) in [7, 11) is 0. The van der Waals surface area contributed by atoms with Gasteiger partial charge >= 0.3 is 0 Å². The van der Waals surface area contributed by atoms with Crippen molar-refractivity contribution in [3.8, 4) is 0 Å². The number of nitrogens with zero attached hydrogens (tertiary/aromatic N) is 1. The van der Waals surface area contributed by atoms with Gasteiger partial charge in [0.25, 0.3) is 5.69 Å². The largest absolute Gasteiger partial charge is 0.382 e. The van der Waals surface area contributed by atoms with Crippen LogP contribution in [0.25, 0.3) is 0 Å². The average Bonchev–Trinajstić information content (AvgIpc) is 2.58. The minimum atomic E-state index is -0.366. The van der Waals surface area contributed by atoms with Gasteiger partial charge < -0.3 is 5.32 Å². The van der Waals surface area contributed by atoms with Gasteiger partial charge in [-0.25, -0.2) is 0 Å². The minimum absolute atomic E-state index is 0.149. The second-order valence-corrected chi connectivity index (χ2v) is 4.64. The zero-order chi connectivity index (χ0) is 12.1. The first-order valence-corrected chi connectivity index (χ1v) is 6.27. The number of non-ortho nitro benzene ring substituents is 1. The van der Waals surface area contributed by atoms with Crippen LogP contribution < -0.4 is 5.32 Å². The van der Waals surface area contributed by atoms with Gasteiger partial charge in [0, 0.05) is 23.9 Å². The van der Waals surface area contributed by atoms with E-state index < -0.39 is 0 Å². The monoisotopic (exact) mass is 234 g/mol. The number of nitro groups is 1. The summed E-state index contributed by atoms with van der Waals surface area (Å²) in [5.74, 6) is 0. The molecule has 1 aliphatic rings. The van der Waals surface area contributed by atoms with Crippen molar-refractivity contribution in [2.75, 3.05) is 5.32 Å². The van der Waals surface area contributed by atoms with E-state index in [0.29, 0.717) is 6.04 Å². The van der Waals surface area contributed by atoms with Crippen LogP contribution in [0.1, 0.15) is 38.5 Å². The lowest BCUT2D eigenvalue weighted by Crippen LogP contribution is -2.18. The summed E-state index contributed by atoms with van der Waals surface area (Å²) in [5.41, 5.74) is 1.14. The molecule has 1 saturated carbocycles. The maximum atomic E-state index is 10.5. The van der Waals surface area contributed by atoms with Crippen LogP contribution in [0, 0.1) is 10.1 Å². The van der Waals surface area contributed by atoms with E-state index in [4.69, 9.17) is 0 Å². The molecule has 0 heterocycles. The molecule has 0 amide bonds. The lowest BCUT2D eigenvalue weighted by Gasteiger charge is -2.17. The number of nitro benzene ring substituents is 1. The summed E-state index contributed by atoms with van der Waals surface area (Å²) in [4.78, 5) is 10.2. The van der Waals surface area contributed by atoms with E-state index in [9.17, 15) is 10.1 Å². The molecule has 0 saturated heterocycles. The zero-order valence-electron chi connectivity index (χ0n) is 9.89. The van der Waals surface area contributed by atoms with Crippen LogP contribution in [0.2, 0.25) is 0 Å². The number of anilines is 1. The minimum Gasteiger partial charge on any atom is -0.382 e. The highest BCUT2D eigenvalue weighted by molar-refractivity contribution is 5.49. The van der Waals surface area contributed by atoms with Crippen LogP contribution in [0.15, 0.2) is 24.3 Å². The molecule has 0 aromatic heterocycles. The highest BCUT2D eigenvalue weighted by Crippen LogP contribution is 2.22. The van der Waals surface area contributed by atoms with Crippen LogP contribution in [0.4, 0.5) is 11.4 Å². The molecule has 0 unspecified atom stereocenters. The molecule has 17 heavy (non-hydrogen) atoms. The molecule has 2 rings (SSSR count). The lowest BCUT2D eigenvalue weighted by atomic mass is 10.1. The van der Waals surface area contributed by atoms with E-state index >= 15 is 0 Å². The van der Waals surface area contributed by atoms with Gasteiger partial charge in [-0.05, 0) is 25.0 Å². The predicted molar refractivity (Wildman–Crippen MR) is 68.2 cm³/mol. The molecule has 0 aliphatic heterocycles. The molecule has 0 radical (unpaired) electrons. The van der Waals surface area contributed by atoms with Crippen molar-refractivity contribution in [2.24, 2.45) is 0 Å². The van der Waals surface area contributed by atoms with Crippen molar-refractivity contribution < 1.29 is 4.92 Å². The summed E-state index contributed by atoms with van der Waals surface area (Å²) < 4.78 is 0. The van der Waals surface area contributed by atoms with Gasteiger partial charge in [0.15, 0.2) is 0 Å². The molecule has 1 fully saturated rings. The highest BCUT2D eigenvalue weighted by Gasteiger charge is 2.12. The summed E-state index contributed by atoms with van der Waals surface area (Å²) in [6, 6.07) is 7.23. The third kappa shape index (κ3) is 3.44. The Bertz CT molecular complexity index is 368. The van der Waals surface area contributed by atoms with Crippen molar-refractivity contribution in [1.82, 2.24) is 0 Å². The van der Waals surface area contributed by atoms with Crippen molar-refractivity contribution in [3.63, 3.8) is 0 Å². The highest BCUT2D eigenvalue weighted by atomic mass is 16.6. The van der Waals surface area contributed by atoms with Crippen molar-refractivity contribution in [2.45, 2.75) is 44.6 Å². The van der Waals surface area contributed by atoms with E-state index in [1.54, 1.807) is 24.3 Å². The van der Waals surface area contributed by atoms with E-state index in [2.05, 4.69) is 5.32 Å². The molecule has 92 valence electrons. The van der Waals surface area contributed by atoms with Gasteiger partial charge in [-0.15, -0.1) is 0 Å². The fourth-order valence-electron chi connectivity index (χ4n) is 2.34. The summed E-state index contributed by atoms with van der Waals surface area (Å²) in [5, 5.41) is 14.0. The smallest absolute Gasteiger partial charge is 0.269 e. The average molecular weight is 234 g/mol. The third-order valence-electron chi connectivity index (χ3n) is 3.30. The van der Waals surface area contributed by atoms with Gasteiger partial charge in [-0.1, -0.05) is 25.7 Å². The van der Waals surface area contributed by atoms with E-state index in [-0.39, 0.29) is 10.6 Å². The fraction of sp³-hybridized carbons (Fsp3) is 0.538. The number of hydrogen-bond acceptors (Lipinski definition) is 3. The number of benzene rings is 1. The summed E-state index contributed by atoms with van der Waals surface area (Å²) in [6.45, 7) is 0. The Morgan fingerprint density at radius 3 is 2.18 bits per heavy atom. The summed E-state index contributed by atoms with van der Waals surface area (Å²) >= 11 is 0. The third-order valence-corrected chi connectivity index (χ3v) is 3.30. The van der Waals surface area contributed by atoms with Crippen LogP contribution in [0.5, 0.6) is 0 Å². The normalized spacial score (nSPS) is 17.4. The first kappa shape index (κ1) is 11.9. The van der Waals surface area contributed by atoms with Crippen LogP contribution in [0.3, 0.4) is 0 Å². The van der Waals surface area contributed by atoms with Gasteiger partial charge in [-0.3, -0.25) is 10.1 Å². The van der Waals surface area contributed by atoms with Crippen molar-refractivity contribution >= 4 is 11.4 Å². The quantitative estimate of drug-likeness (QED) is 0.492. The SMILES string of the molecule is O=[N+]([O-])c1ccc(NC2CCCCCC2)cc1. The maximum absolute atomic E-state index is 10.5. The van der Waals surface area contributed by atoms with Gasteiger partial charge in [0.1, 0.15) is 0 Å². The first-order valence-electron chi connectivity index (χ1n) is 6.27.